The van der Waals surface area contributed by atoms with E-state index in [0.29, 0.717) is 22.6 Å². The molecule has 0 heterocycles. The maximum absolute atomic E-state index is 12.9. The van der Waals surface area contributed by atoms with E-state index >= 15 is 0 Å². The van der Waals surface area contributed by atoms with E-state index in [1.807, 2.05) is 12.1 Å². The minimum atomic E-state index is -0.994. The third kappa shape index (κ3) is 3.73. The standard InChI is InChI=1S/C21H23NO3/c1-14-8-2-7-13-19(14)22-20(23)17-11-5-3-9-15(17)16-10-4-6-12-18(16)21(24)25/h3-6,9-12,14,19H,2,7-8,13H2,1H3,(H,22,23)(H,24,25). The van der Waals surface area contributed by atoms with Gasteiger partial charge in [0, 0.05) is 11.6 Å². The highest BCUT2D eigenvalue weighted by Crippen LogP contribution is 2.29. The number of hydrogen-bond donors (Lipinski definition) is 2. The maximum Gasteiger partial charge on any atom is 0.336 e. The lowest BCUT2D eigenvalue weighted by molar-refractivity contribution is 0.0697. The lowest BCUT2D eigenvalue weighted by Gasteiger charge is -2.29. The molecule has 0 spiro atoms. The number of benzene rings is 2. The van der Waals surface area contributed by atoms with Crippen molar-refractivity contribution in [3.63, 3.8) is 0 Å². The number of hydrogen-bond acceptors (Lipinski definition) is 2. The van der Waals surface area contributed by atoms with Crippen molar-refractivity contribution in [2.75, 3.05) is 0 Å². The Morgan fingerprint density at radius 3 is 2.12 bits per heavy atom. The van der Waals surface area contributed by atoms with Gasteiger partial charge < -0.3 is 10.4 Å². The molecule has 1 amide bonds. The van der Waals surface area contributed by atoms with Crippen molar-refractivity contribution < 1.29 is 14.7 Å². The number of carboxylic acids is 1. The van der Waals surface area contributed by atoms with Crippen LogP contribution >= 0.6 is 0 Å². The van der Waals surface area contributed by atoms with E-state index in [9.17, 15) is 14.7 Å². The van der Waals surface area contributed by atoms with Crippen LogP contribution in [0, 0.1) is 5.92 Å². The van der Waals surface area contributed by atoms with Crippen LogP contribution in [0.2, 0.25) is 0 Å². The molecule has 1 aliphatic rings. The molecule has 2 aromatic rings. The zero-order valence-corrected chi connectivity index (χ0v) is 14.4. The van der Waals surface area contributed by atoms with E-state index < -0.39 is 5.97 Å². The highest BCUT2D eigenvalue weighted by atomic mass is 16.4. The smallest absolute Gasteiger partial charge is 0.336 e. The predicted molar refractivity (Wildman–Crippen MR) is 97.7 cm³/mol. The molecule has 130 valence electrons. The Labute approximate surface area is 147 Å². The highest BCUT2D eigenvalue weighted by molar-refractivity contribution is 6.04. The number of carbonyl (C=O) groups excluding carboxylic acids is 1. The van der Waals surface area contributed by atoms with Crippen molar-refractivity contribution in [1.82, 2.24) is 5.32 Å². The Morgan fingerprint density at radius 1 is 0.920 bits per heavy atom. The van der Waals surface area contributed by atoms with Gasteiger partial charge in [-0.1, -0.05) is 56.2 Å². The first-order valence-corrected chi connectivity index (χ1v) is 8.80. The average Bonchev–Trinajstić information content (AvgIpc) is 2.63. The van der Waals surface area contributed by atoms with Crippen LogP contribution in [0.3, 0.4) is 0 Å². The second-order valence-electron chi connectivity index (χ2n) is 6.74. The first-order valence-electron chi connectivity index (χ1n) is 8.80. The molecular weight excluding hydrogens is 314 g/mol. The van der Waals surface area contributed by atoms with Crippen LogP contribution in [0.5, 0.6) is 0 Å². The summed E-state index contributed by atoms with van der Waals surface area (Å²) in [6.07, 6.45) is 4.49. The van der Waals surface area contributed by atoms with Crippen LogP contribution < -0.4 is 5.32 Å². The SMILES string of the molecule is CC1CCCCC1NC(=O)c1ccccc1-c1ccccc1C(=O)O. The molecule has 1 saturated carbocycles. The molecule has 0 bridgehead atoms. The van der Waals surface area contributed by atoms with E-state index in [2.05, 4.69) is 12.2 Å². The zero-order chi connectivity index (χ0) is 17.8. The lowest BCUT2D eigenvalue weighted by atomic mass is 9.85. The fourth-order valence-electron chi connectivity index (χ4n) is 3.60. The molecular formula is C21H23NO3. The molecule has 4 heteroatoms. The van der Waals surface area contributed by atoms with Crippen LogP contribution in [-0.4, -0.2) is 23.0 Å². The van der Waals surface area contributed by atoms with Crippen molar-refractivity contribution in [3.05, 3.63) is 59.7 Å². The average molecular weight is 337 g/mol. The molecule has 1 fully saturated rings. The fourth-order valence-corrected chi connectivity index (χ4v) is 3.60. The molecule has 2 N–H and O–H groups in total. The van der Waals surface area contributed by atoms with Crippen molar-refractivity contribution in [2.24, 2.45) is 5.92 Å². The summed E-state index contributed by atoms with van der Waals surface area (Å²) in [5, 5.41) is 12.6. The van der Waals surface area contributed by atoms with Gasteiger partial charge in [0.15, 0.2) is 0 Å². The maximum atomic E-state index is 12.9. The molecule has 0 aromatic heterocycles. The van der Waals surface area contributed by atoms with Gasteiger partial charge in [0.2, 0.25) is 0 Å². The first kappa shape index (κ1) is 17.2. The summed E-state index contributed by atoms with van der Waals surface area (Å²) in [6.45, 7) is 2.18. The van der Waals surface area contributed by atoms with Gasteiger partial charge in [-0.2, -0.15) is 0 Å². The molecule has 1 aliphatic carbocycles. The number of aromatic carboxylic acids is 1. The van der Waals surface area contributed by atoms with Crippen molar-refractivity contribution in [2.45, 2.75) is 38.6 Å². The van der Waals surface area contributed by atoms with E-state index in [0.717, 1.165) is 19.3 Å². The van der Waals surface area contributed by atoms with Gasteiger partial charge in [0.05, 0.1) is 5.56 Å². The van der Waals surface area contributed by atoms with Gasteiger partial charge in [-0.25, -0.2) is 4.79 Å². The van der Waals surface area contributed by atoms with Gasteiger partial charge in [-0.15, -0.1) is 0 Å². The van der Waals surface area contributed by atoms with Crippen LogP contribution in [-0.2, 0) is 0 Å². The minimum absolute atomic E-state index is 0.130. The Bertz CT molecular complexity index is 784. The summed E-state index contributed by atoms with van der Waals surface area (Å²) in [4.78, 5) is 24.4. The summed E-state index contributed by atoms with van der Waals surface area (Å²) in [6, 6.07) is 14.2. The third-order valence-corrected chi connectivity index (χ3v) is 5.05. The third-order valence-electron chi connectivity index (χ3n) is 5.05. The van der Waals surface area contributed by atoms with Gasteiger partial charge in [-0.05, 0) is 42.0 Å². The summed E-state index contributed by atoms with van der Waals surface area (Å²) in [5.74, 6) is -0.655. The van der Waals surface area contributed by atoms with Gasteiger partial charge in [0.1, 0.15) is 0 Å². The van der Waals surface area contributed by atoms with E-state index in [4.69, 9.17) is 0 Å². The van der Waals surface area contributed by atoms with Gasteiger partial charge >= 0.3 is 5.97 Å². The van der Waals surface area contributed by atoms with E-state index in [1.165, 1.54) is 6.42 Å². The topological polar surface area (TPSA) is 66.4 Å². The molecule has 2 unspecified atom stereocenters. The van der Waals surface area contributed by atoms with Crippen molar-refractivity contribution in [3.8, 4) is 11.1 Å². The number of rotatable bonds is 4. The van der Waals surface area contributed by atoms with Gasteiger partial charge in [0.25, 0.3) is 5.91 Å². The second-order valence-corrected chi connectivity index (χ2v) is 6.74. The summed E-state index contributed by atoms with van der Waals surface area (Å²) >= 11 is 0. The molecule has 0 radical (unpaired) electrons. The number of amides is 1. The van der Waals surface area contributed by atoms with Crippen molar-refractivity contribution >= 4 is 11.9 Å². The zero-order valence-electron chi connectivity index (χ0n) is 14.4. The van der Waals surface area contributed by atoms with E-state index in [1.54, 1.807) is 36.4 Å². The number of carboxylic acid groups (broad SMARTS) is 1. The fraction of sp³-hybridized carbons (Fsp3) is 0.333. The van der Waals surface area contributed by atoms with Crippen molar-refractivity contribution in [1.29, 1.82) is 0 Å². The van der Waals surface area contributed by atoms with Crippen LogP contribution in [0.15, 0.2) is 48.5 Å². The van der Waals surface area contributed by atoms with Crippen LogP contribution in [0.4, 0.5) is 0 Å². The lowest BCUT2D eigenvalue weighted by Crippen LogP contribution is -2.41. The summed E-state index contributed by atoms with van der Waals surface area (Å²) < 4.78 is 0. The quantitative estimate of drug-likeness (QED) is 0.871. The van der Waals surface area contributed by atoms with Gasteiger partial charge in [-0.3, -0.25) is 4.79 Å². The molecule has 2 aromatic carbocycles. The molecule has 3 rings (SSSR count). The molecule has 25 heavy (non-hydrogen) atoms. The largest absolute Gasteiger partial charge is 0.478 e. The molecule has 2 atom stereocenters. The Hall–Kier alpha value is -2.62. The highest BCUT2D eigenvalue weighted by Gasteiger charge is 2.24. The normalized spacial score (nSPS) is 20.0. The summed E-state index contributed by atoms with van der Waals surface area (Å²) in [5.41, 5.74) is 1.95. The Balaban J connectivity index is 1.94. The van der Waals surface area contributed by atoms with Crippen LogP contribution in [0.1, 0.15) is 53.3 Å². The minimum Gasteiger partial charge on any atom is -0.478 e. The second kappa shape index (κ2) is 7.51. The van der Waals surface area contributed by atoms with E-state index in [-0.39, 0.29) is 17.5 Å². The predicted octanol–water partition coefficient (Wildman–Crippen LogP) is 4.36. The molecule has 4 nitrogen and oxygen atoms in total. The summed E-state index contributed by atoms with van der Waals surface area (Å²) in [7, 11) is 0. The number of nitrogens with one attached hydrogen (secondary N) is 1. The number of carbonyl (C=O) groups is 2. The van der Waals surface area contributed by atoms with Crippen LogP contribution in [0.25, 0.3) is 11.1 Å². The molecule has 0 aliphatic heterocycles. The molecule has 0 saturated heterocycles. The monoisotopic (exact) mass is 337 g/mol. The first-order chi connectivity index (χ1) is 12.1. The Kier molecular flexibility index (Phi) is 5.17. The Morgan fingerprint density at radius 2 is 1.48 bits per heavy atom.